The van der Waals surface area contributed by atoms with E-state index in [0.29, 0.717) is 25.2 Å². The van der Waals surface area contributed by atoms with Crippen molar-refractivity contribution in [1.82, 2.24) is 20.4 Å². The maximum Gasteiger partial charge on any atom is 0.264 e. The summed E-state index contributed by atoms with van der Waals surface area (Å²) in [6.45, 7) is 0.323. The molecule has 0 radical (unpaired) electrons. The number of nitrogens with one attached hydrogen (secondary N) is 4. The molecule has 228 valence electrons. The zero-order valence-corrected chi connectivity index (χ0v) is 23.7. The number of allylic oxidation sites excluding steroid dienone is 4. The predicted molar refractivity (Wildman–Crippen MR) is 171 cm³/mol. The van der Waals surface area contributed by atoms with Crippen LogP contribution in [0.5, 0.6) is 5.75 Å². The Balaban J connectivity index is 0.000000155. The van der Waals surface area contributed by atoms with Crippen molar-refractivity contribution < 1.29 is 14.3 Å². The van der Waals surface area contributed by atoms with Crippen LogP contribution in [0.4, 0.5) is 11.4 Å². The number of aryl methyl sites for hydroxylation is 2. The molecular formula is C34H32N6O5. The minimum atomic E-state index is -0.234. The molecule has 0 saturated heterocycles. The molecule has 1 aliphatic heterocycles. The number of hydrogen-bond acceptors (Lipinski definition) is 9. The van der Waals surface area contributed by atoms with Gasteiger partial charge in [0.25, 0.3) is 11.1 Å². The van der Waals surface area contributed by atoms with Gasteiger partial charge in [-0.3, -0.25) is 19.2 Å². The Morgan fingerprint density at radius 2 is 1.16 bits per heavy atom. The van der Waals surface area contributed by atoms with Crippen molar-refractivity contribution in [3.05, 3.63) is 109 Å². The molecule has 0 unspecified atom stereocenters. The smallest absolute Gasteiger partial charge is 0.264 e. The fraction of sp³-hybridized carbons (Fsp3) is 0.235. The Morgan fingerprint density at radius 3 is 1.78 bits per heavy atom. The lowest BCUT2D eigenvalue weighted by atomic mass is 9.89. The van der Waals surface area contributed by atoms with E-state index in [4.69, 9.17) is 4.74 Å². The molecule has 11 nitrogen and oxygen atoms in total. The zero-order valence-electron chi connectivity index (χ0n) is 23.7. The molecule has 0 bridgehead atoms. The molecule has 2 aromatic heterocycles. The molecule has 11 heteroatoms. The summed E-state index contributed by atoms with van der Waals surface area (Å²) in [5.74, 6) is 1.04. The molecule has 0 amide bonds. The van der Waals surface area contributed by atoms with E-state index in [9.17, 15) is 19.2 Å². The lowest BCUT2D eigenvalue weighted by Crippen LogP contribution is -2.15. The van der Waals surface area contributed by atoms with Gasteiger partial charge in [0, 0.05) is 82.7 Å². The second kappa shape index (κ2) is 12.2. The van der Waals surface area contributed by atoms with E-state index in [1.807, 2.05) is 30.3 Å². The van der Waals surface area contributed by atoms with Gasteiger partial charge in [0.05, 0.1) is 5.69 Å². The first-order valence-electron chi connectivity index (χ1n) is 14.5. The first kappa shape index (κ1) is 29.5. The lowest BCUT2D eigenvalue weighted by Gasteiger charge is -2.20. The summed E-state index contributed by atoms with van der Waals surface area (Å²) in [6.07, 6.45) is 7.71. The van der Waals surface area contributed by atoms with Crippen LogP contribution in [0.3, 0.4) is 0 Å². The number of carbonyl (C=O) groups is 2. The summed E-state index contributed by atoms with van der Waals surface area (Å²) in [5.41, 5.74) is 9.88. The Kier molecular flexibility index (Phi) is 7.99. The van der Waals surface area contributed by atoms with Crippen LogP contribution in [0.1, 0.15) is 49.8 Å². The Morgan fingerprint density at radius 1 is 0.600 bits per heavy atom. The number of aromatic nitrogens is 4. The highest BCUT2D eigenvalue weighted by Gasteiger charge is 2.21. The normalized spacial score (nSPS) is 15.5. The molecule has 4 aliphatic rings. The van der Waals surface area contributed by atoms with Gasteiger partial charge in [-0.25, -0.2) is 10.2 Å². The molecule has 0 saturated carbocycles. The van der Waals surface area contributed by atoms with Crippen LogP contribution in [0.15, 0.2) is 81.7 Å². The fourth-order valence-corrected chi connectivity index (χ4v) is 5.86. The SMILES string of the molecule is C.O=C1C=C(Nc2ccc3c(c2)CCc2cc(=O)[nH]nc2-3)CC1.O=C1C=C(Nc2ccc3c(c2)OCc2cc(=O)[nH]nc2-3)CC1. The van der Waals surface area contributed by atoms with Crippen molar-refractivity contribution in [2.45, 2.75) is 52.6 Å². The number of rotatable bonds is 4. The van der Waals surface area contributed by atoms with Crippen molar-refractivity contribution in [2.24, 2.45) is 0 Å². The molecule has 4 N–H and O–H groups in total. The molecule has 3 heterocycles. The molecule has 2 aromatic carbocycles. The van der Waals surface area contributed by atoms with E-state index in [1.54, 1.807) is 18.2 Å². The second-order valence-corrected chi connectivity index (χ2v) is 11.1. The maximum absolute atomic E-state index is 11.4. The summed E-state index contributed by atoms with van der Waals surface area (Å²) in [7, 11) is 0. The summed E-state index contributed by atoms with van der Waals surface area (Å²) in [4.78, 5) is 45.2. The van der Waals surface area contributed by atoms with Crippen LogP contribution in [-0.2, 0) is 29.0 Å². The van der Waals surface area contributed by atoms with Crippen LogP contribution < -0.4 is 26.5 Å². The average Bonchev–Trinajstić information content (AvgIpc) is 3.63. The Bertz CT molecular complexity index is 1880. The zero-order chi connectivity index (χ0) is 30.2. The van der Waals surface area contributed by atoms with Gasteiger partial charge in [-0.15, -0.1) is 0 Å². The average molecular weight is 605 g/mol. The number of carbonyl (C=O) groups excluding carboxylic acids is 2. The fourth-order valence-electron chi connectivity index (χ4n) is 5.86. The van der Waals surface area contributed by atoms with E-state index in [-0.39, 0.29) is 30.1 Å². The van der Waals surface area contributed by atoms with E-state index in [0.717, 1.165) is 82.1 Å². The van der Waals surface area contributed by atoms with Crippen LogP contribution in [0.2, 0.25) is 0 Å². The van der Waals surface area contributed by atoms with Gasteiger partial charge in [0.2, 0.25) is 0 Å². The van der Waals surface area contributed by atoms with E-state index in [1.165, 1.54) is 11.6 Å². The number of ketones is 2. The summed E-state index contributed by atoms with van der Waals surface area (Å²) in [6, 6.07) is 15.0. The second-order valence-electron chi connectivity index (χ2n) is 11.1. The van der Waals surface area contributed by atoms with E-state index < -0.39 is 0 Å². The van der Waals surface area contributed by atoms with Gasteiger partial charge in [-0.05, 0) is 61.1 Å². The van der Waals surface area contributed by atoms with Gasteiger partial charge in [-0.1, -0.05) is 13.5 Å². The van der Waals surface area contributed by atoms with Gasteiger partial charge >= 0.3 is 0 Å². The molecule has 0 spiro atoms. The maximum atomic E-state index is 11.4. The number of hydrogen-bond donors (Lipinski definition) is 4. The number of anilines is 2. The number of nitrogens with zero attached hydrogens (tertiary/aromatic N) is 2. The van der Waals surface area contributed by atoms with E-state index in [2.05, 4.69) is 37.1 Å². The molecule has 3 aliphatic carbocycles. The molecule has 8 rings (SSSR count). The van der Waals surface area contributed by atoms with Crippen LogP contribution >= 0.6 is 0 Å². The largest absolute Gasteiger partial charge is 0.488 e. The van der Waals surface area contributed by atoms with Gasteiger partial charge in [-0.2, -0.15) is 10.2 Å². The lowest BCUT2D eigenvalue weighted by molar-refractivity contribution is -0.114. The number of benzene rings is 2. The molecule has 45 heavy (non-hydrogen) atoms. The number of ether oxygens (including phenoxy) is 1. The van der Waals surface area contributed by atoms with Crippen LogP contribution in [0.25, 0.3) is 22.5 Å². The molecule has 4 aromatic rings. The molecular weight excluding hydrogens is 572 g/mol. The third kappa shape index (κ3) is 6.23. The first-order chi connectivity index (χ1) is 21.4. The minimum Gasteiger partial charge on any atom is -0.488 e. The number of aromatic amines is 2. The monoisotopic (exact) mass is 604 g/mol. The van der Waals surface area contributed by atoms with Gasteiger partial charge < -0.3 is 15.4 Å². The quantitative estimate of drug-likeness (QED) is 0.256. The summed E-state index contributed by atoms with van der Waals surface area (Å²) in [5, 5.41) is 19.8. The third-order valence-corrected chi connectivity index (χ3v) is 7.98. The Labute approximate surface area is 258 Å². The minimum absolute atomic E-state index is 0. The summed E-state index contributed by atoms with van der Waals surface area (Å²) >= 11 is 0. The standard InChI is InChI=1S/C17H15N3O2.C16H13N3O3.CH4/c21-14-5-3-13(9-14)18-12-4-6-15-10(7-12)1-2-11-8-16(22)19-20-17(11)15;20-12-3-1-10(6-12)17-11-2-4-13-14(7-11)22-8-9-5-15(21)18-19-16(9)13;/h4,6-9,18H,1-3,5H2,(H,19,22);2,4-7,17H,1,3,8H2,(H,18,21);1H4. The van der Waals surface area contributed by atoms with Crippen molar-refractivity contribution in [2.75, 3.05) is 10.6 Å². The van der Waals surface area contributed by atoms with Crippen molar-refractivity contribution in [1.29, 1.82) is 0 Å². The van der Waals surface area contributed by atoms with Gasteiger partial charge in [0.1, 0.15) is 18.1 Å². The number of H-pyrrole nitrogens is 2. The highest BCUT2D eigenvalue weighted by atomic mass is 16.5. The van der Waals surface area contributed by atoms with Crippen molar-refractivity contribution in [3.8, 4) is 28.3 Å². The predicted octanol–water partition coefficient (Wildman–Crippen LogP) is 4.82. The van der Waals surface area contributed by atoms with Crippen molar-refractivity contribution >= 4 is 22.9 Å². The molecule has 0 atom stereocenters. The van der Waals surface area contributed by atoms with E-state index >= 15 is 0 Å². The van der Waals surface area contributed by atoms with Gasteiger partial charge in [0.15, 0.2) is 11.6 Å². The third-order valence-electron chi connectivity index (χ3n) is 7.98. The Hall–Kier alpha value is -5.58. The van der Waals surface area contributed by atoms with Crippen molar-refractivity contribution in [3.63, 3.8) is 0 Å². The molecule has 0 fully saturated rings. The first-order valence-corrected chi connectivity index (χ1v) is 14.5. The number of fused-ring (bicyclic) bond motifs is 6. The van der Waals surface area contributed by atoms with Crippen LogP contribution in [-0.4, -0.2) is 32.0 Å². The highest BCUT2D eigenvalue weighted by Crippen LogP contribution is 2.38. The topological polar surface area (TPSA) is 159 Å². The summed E-state index contributed by atoms with van der Waals surface area (Å²) < 4.78 is 5.71. The highest BCUT2D eigenvalue weighted by molar-refractivity contribution is 5.94. The van der Waals surface area contributed by atoms with Crippen LogP contribution in [0, 0.1) is 0 Å².